The Bertz CT molecular complexity index is 873. The van der Waals surface area contributed by atoms with Crippen molar-refractivity contribution in [3.63, 3.8) is 0 Å². The van der Waals surface area contributed by atoms with Gasteiger partial charge in [-0.15, -0.1) is 0 Å². The minimum atomic E-state index is -4.46. The Morgan fingerprint density at radius 3 is 2.67 bits per heavy atom. The maximum atomic E-state index is 12.8. The van der Waals surface area contributed by atoms with Crippen molar-refractivity contribution in [1.29, 1.82) is 5.26 Å². The monoisotopic (exact) mass is 377 g/mol. The van der Waals surface area contributed by atoms with E-state index in [1.165, 1.54) is 30.3 Å². The normalized spacial score (nSPS) is 12.1. The summed E-state index contributed by atoms with van der Waals surface area (Å²) in [7, 11) is 0. The summed E-state index contributed by atoms with van der Waals surface area (Å²) in [5.74, 6) is -0.0554. The van der Waals surface area contributed by atoms with Crippen molar-refractivity contribution in [3.8, 4) is 17.4 Å². The lowest BCUT2D eigenvalue weighted by molar-refractivity contribution is -0.139. The minimum absolute atomic E-state index is 0.166. The maximum Gasteiger partial charge on any atom is 0.416 e. The summed E-state index contributed by atoms with van der Waals surface area (Å²) in [6.45, 7) is 4.16. The quantitative estimate of drug-likeness (QED) is 0.381. The average molecular weight is 377 g/mol. The van der Waals surface area contributed by atoms with Crippen LogP contribution in [0.3, 0.4) is 0 Å². The van der Waals surface area contributed by atoms with Crippen LogP contribution in [0, 0.1) is 17.2 Å². The van der Waals surface area contributed by atoms with E-state index in [4.69, 9.17) is 14.4 Å². The summed E-state index contributed by atoms with van der Waals surface area (Å²) in [6.07, 6.45) is -2.58. The van der Waals surface area contributed by atoms with Gasteiger partial charge in [-0.05, 0) is 36.6 Å². The Labute approximate surface area is 154 Å². The Morgan fingerprint density at radius 2 is 2.04 bits per heavy atom. The van der Waals surface area contributed by atoms with Crippen LogP contribution in [-0.2, 0) is 15.7 Å². The number of alkyl halides is 3. The molecule has 0 saturated heterocycles. The van der Waals surface area contributed by atoms with E-state index in [-0.39, 0.29) is 29.3 Å². The van der Waals surface area contributed by atoms with Crippen LogP contribution < -0.4 is 0 Å². The first kappa shape index (κ1) is 20.3. The lowest BCUT2D eigenvalue weighted by Gasteiger charge is -2.07. The molecular weight excluding hydrogens is 359 g/mol. The molecule has 0 unspecified atom stereocenters. The maximum absolute atomic E-state index is 12.8. The molecule has 4 nitrogen and oxygen atoms in total. The standard InChI is InChI=1S/C20H18F3NO3/c1-13(2)8-9-26-19(25)15(12-24)11-17-6-7-18(27-17)14-4-3-5-16(10-14)20(21,22)23/h3-7,10-11,13H,8-9H2,1-2H3/b15-11+. The second kappa shape index (κ2) is 8.58. The zero-order valence-electron chi connectivity index (χ0n) is 14.8. The number of benzene rings is 1. The molecule has 142 valence electrons. The molecule has 0 aliphatic heterocycles. The molecule has 0 aliphatic carbocycles. The van der Waals surface area contributed by atoms with Gasteiger partial charge in [-0.3, -0.25) is 0 Å². The second-order valence-electron chi connectivity index (χ2n) is 6.27. The molecule has 2 aromatic rings. The number of nitriles is 1. The SMILES string of the molecule is CC(C)CCOC(=O)/C(C#N)=C/c1ccc(-c2cccc(C(F)(F)F)c2)o1. The van der Waals surface area contributed by atoms with Gasteiger partial charge in [-0.1, -0.05) is 26.0 Å². The summed E-state index contributed by atoms with van der Waals surface area (Å²) in [5, 5.41) is 9.13. The highest BCUT2D eigenvalue weighted by Crippen LogP contribution is 2.32. The van der Waals surface area contributed by atoms with Gasteiger partial charge >= 0.3 is 12.1 Å². The van der Waals surface area contributed by atoms with Crippen LogP contribution in [0.1, 0.15) is 31.6 Å². The van der Waals surface area contributed by atoms with E-state index >= 15 is 0 Å². The van der Waals surface area contributed by atoms with Gasteiger partial charge in [0.25, 0.3) is 0 Å². The van der Waals surface area contributed by atoms with Crippen LogP contribution in [0.25, 0.3) is 17.4 Å². The van der Waals surface area contributed by atoms with Gasteiger partial charge in [0.1, 0.15) is 23.2 Å². The Morgan fingerprint density at radius 1 is 1.30 bits per heavy atom. The Hall–Kier alpha value is -3.01. The molecule has 0 aliphatic rings. The third-order valence-corrected chi connectivity index (χ3v) is 3.66. The number of carbonyl (C=O) groups is 1. The molecule has 1 aromatic carbocycles. The van der Waals surface area contributed by atoms with Crippen LogP contribution in [0.4, 0.5) is 13.2 Å². The number of esters is 1. The van der Waals surface area contributed by atoms with Crippen molar-refractivity contribution < 1.29 is 27.1 Å². The lowest BCUT2D eigenvalue weighted by atomic mass is 10.1. The van der Waals surface area contributed by atoms with Crippen molar-refractivity contribution in [2.75, 3.05) is 6.61 Å². The fourth-order valence-corrected chi connectivity index (χ4v) is 2.18. The fourth-order valence-electron chi connectivity index (χ4n) is 2.18. The van der Waals surface area contributed by atoms with Crippen molar-refractivity contribution in [2.24, 2.45) is 5.92 Å². The topological polar surface area (TPSA) is 63.2 Å². The van der Waals surface area contributed by atoms with E-state index in [2.05, 4.69) is 0 Å². The van der Waals surface area contributed by atoms with Crippen molar-refractivity contribution in [3.05, 3.63) is 53.3 Å². The van der Waals surface area contributed by atoms with Gasteiger partial charge in [-0.25, -0.2) is 4.79 Å². The van der Waals surface area contributed by atoms with E-state index in [0.717, 1.165) is 12.1 Å². The van der Waals surface area contributed by atoms with E-state index < -0.39 is 17.7 Å². The van der Waals surface area contributed by atoms with Crippen LogP contribution in [0.5, 0.6) is 0 Å². The third kappa shape index (κ3) is 5.74. The molecule has 0 bridgehead atoms. The zero-order chi connectivity index (χ0) is 20.0. The zero-order valence-corrected chi connectivity index (χ0v) is 14.8. The van der Waals surface area contributed by atoms with Gasteiger partial charge in [0.05, 0.1) is 12.2 Å². The van der Waals surface area contributed by atoms with E-state index in [9.17, 15) is 18.0 Å². The van der Waals surface area contributed by atoms with Gasteiger partial charge in [0.2, 0.25) is 0 Å². The highest BCUT2D eigenvalue weighted by atomic mass is 19.4. The number of rotatable bonds is 6. The molecule has 1 aromatic heterocycles. The Balaban J connectivity index is 2.18. The number of ether oxygens (including phenoxy) is 1. The number of hydrogen-bond donors (Lipinski definition) is 0. The smallest absolute Gasteiger partial charge is 0.416 e. The number of hydrogen-bond acceptors (Lipinski definition) is 4. The van der Waals surface area contributed by atoms with Crippen LogP contribution in [-0.4, -0.2) is 12.6 Å². The molecule has 27 heavy (non-hydrogen) atoms. The molecule has 1 heterocycles. The van der Waals surface area contributed by atoms with E-state index in [1.54, 1.807) is 6.07 Å². The summed E-state index contributed by atoms with van der Waals surface area (Å²) >= 11 is 0. The third-order valence-electron chi connectivity index (χ3n) is 3.66. The van der Waals surface area contributed by atoms with Crippen LogP contribution >= 0.6 is 0 Å². The number of nitrogens with zero attached hydrogens (tertiary/aromatic N) is 1. The highest BCUT2D eigenvalue weighted by Gasteiger charge is 2.30. The molecule has 0 radical (unpaired) electrons. The lowest BCUT2D eigenvalue weighted by Crippen LogP contribution is -2.09. The number of halogens is 3. The van der Waals surface area contributed by atoms with Crippen LogP contribution in [0.2, 0.25) is 0 Å². The molecule has 0 N–H and O–H groups in total. The highest BCUT2D eigenvalue weighted by molar-refractivity contribution is 5.97. The van der Waals surface area contributed by atoms with Gasteiger partial charge < -0.3 is 9.15 Å². The largest absolute Gasteiger partial charge is 0.462 e. The fraction of sp³-hybridized carbons (Fsp3) is 0.300. The van der Waals surface area contributed by atoms with Gasteiger partial charge in [-0.2, -0.15) is 18.4 Å². The van der Waals surface area contributed by atoms with Gasteiger partial charge in [0.15, 0.2) is 0 Å². The summed E-state index contributed by atoms with van der Waals surface area (Å²) < 4.78 is 48.9. The van der Waals surface area contributed by atoms with E-state index in [0.29, 0.717) is 12.3 Å². The summed E-state index contributed by atoms with van der Waals surface area (Å²) in [5.41, 5.74) is -0.800. The molecule has 7 heteroatoms. The molecule has 0 spiro atoms. The molecular formula is C20H18F3NO3. The summed E-state index contributed by atoms with van der Waals surface area (Å²) in [6, 6.07) is 9.38. The average Bonchev–Trinajstić information content (AvgIpc) is 3.07. The molecule has 0 fully saturated rings. The van der Waals surface area contributed by atoms with E-state index in [1.807, 2.05) is 13.8 Å². The van der Waals surface area contributed by atoms with Crippen LogP contribution in [0.15, 0.2) is 46.4 Å². The van der Waals surface area contributed by atoms with Crippen molar-refractivity contribution in [2.45, 2.75) is 26.4 Å². The first-order valence-corrected chi connectivity index (χ1v) is 8.27. The molecule has 2 rings (SSSR count). The minimum Gasteiger partial charge on any atom is -0.462 e. The van der Waals surface area contributed by atoms with Crippen molar-refractivity contribution in [1.82, 2.24) is 0 Å². The Kier molecular flexibility index (Phi) is 6.45. The number of carbonyl (C=O) groups excluding carboxylic acids is 1. The molecule has 0 atom stereocenters. The van der Waals surface area contributed by atoms with Gasteiger partial charge in [0, 0.05) is 11.6 Å². The first-order valence-electron chi connectivity index (χ1n) is 8.27. The molecule has 0 amide bonds. The second-order valence-corrected chi connectivity index (χ2v) is 6.27. The number of furan rings is 1. The first-order chi connectivity index (χ1) is 12.7. The molecule has 0 saturated carbocycles. The predicted molar refractivity (Wildman–Crippen MR) is 93.2 cm³/mol. The predicted octanol–water partition coefficient (Wildman–Crippen LogP) is 5.46. The van der Waals surface area contributed by atoms with Crippen molar-refractivity contribution >= 4 is 12.0 Å². The summed E-state index contributed by atoms with van der Waals surface area (Å²) in [4.78, 5) is 11.9.